The number of carboxylic acids is 1. The molecular formula is C18H19ClN2O4. The van der Waals surface area contributed by atoms with Crippen LogP contribution in [0.4, 0.5) is 0 Å². The molecule has 0 saturated heterocycles. The number of halogens is 1. The molecule has 0 aliphatic heterocycles. The molecule has 0 radical (unpaired) electrons. The summed E-state index contributed by atoms with van der Waals surface area (Å²) in [6, 6.07) is 6.09. The quantitative estimate of drug-likeness (QED) is 0.836. The molecule has 6 nitrogen and oxygen atoms in total. The molecule has 2 aromatic rings. The van der Waals surface area contributed by atoms with Crippen molar-refractivity contribution < 1.29 is 19.2 Å². The second-order valence-corrected chi connectivity index (χ2v) is 6.73. The number of hydrogen-bond acceptors (Lipinski definition) is 4. The fourth-order valence-electron chi connectivity index (χ4n) is 3.19. The summed E-state index contributed by atoms with van der Waals surface area (Å²) >= 11 is 5.87. The van der Waals surface area contributed by atoms with Gasteiger partial charge in [-0.15, -0.1) is 0 Å². The lowest BCUT2D eigenvalue weighted by atomic mass is 10.0. The van der Waals surface area contributed by atoms with E-state index in [0.717, 1.165) is 25.7 Å². The van der Waals surface area contributed by atoms with Crippen LogP contribution in [0.5, 0.6) is 0 Å². The number of carbonyl (C=O) groups excluding carboxylic acids is 1. The highest BCUT2D eigenvalue weighted by Crippen LogP contribution is 2.31. The molecule has 1 unspecified atom stereocenters. The molecule has 25 heavy (non-hydrogen) atoms. The number of aromatic carboxylic acids is 1. The third kappa shape index (κ3) is 3.69. The van der Waals surface area contributed by atoms with Crippen molar-refractivity contribution in [3.8, 4) is 11.3 Å². The Morgan fingerprint density at radius 3 is 2.52 bits per heavy atom. The second kappa shape index (κ2) is 7.27. The van der Waals surface area contributed by atoms with E-state index in [1.807, 2.05) is 0 Å². The van der Waals surface area contributed by atoms with Crippen LogP contribution in [0.15, 0.2) is 28.8 Å². The Hall–Kier alpha value is -2.34. The van der Waals surface area contributed by atoms with Crippen LogP contribution in [0.1, 0.15) is 54.8 Å². The normalized spacial score (nSPS) is 15.9. The largest absolute Gasteiger partial charge is 0.477 e. The molecule has 3 rings (SSSR count). The Kier molecular flexibility index (Phi) is 5.08. The van der Waals surface area contributed by atoms with E-state index in [0.29, 0.717) is 10.6 Å². The molecule has 1 aliphatic rings. The first kappa shape index (κ1) is 17.5. The van der Waals surface area contributed by atoms with E-state index in [1.165, 1.54) is 0 Å². The molecule has 1 aromatic carbocycles. The van der Waals surface area contributed by atoms with Crippen LogP contribution in [0, 0.1) is 5.92 Å². The molecule has 2 N–H and O–H groups in total. The highest BCUT2D eigenvalue weighted by Gasteiger charge is 2.30. The Bertz CT molecular complexity index is 779. The van der Waals surface area contributed by atoms with Crippen LogP contribution in [0.3, 0.4) is 0 Å². The van der Waals surface area contributed by atoms with Gasteiger partial charge in [0.25, 0.3) is 0 Å². The van der Waals surface area contributed by atoms with Crippen LogP contribution in [0.2, 0.25) is 5.02 Å². The van der Waals surface area contributed by atoms with Gasteiger partial charge in [0.15, 0.2) is 5.76 Å². The monoisotopic (exact) mass is 362 g/mol. The number of carbonyl (C=O) groups is 2. The van der Waals surface area contributed by atoms with E-state index in [1.54, 1.807) is 31.2 Å². The average molecular weight is 363 g/mol. The minimum Gasteiger partial charge on any atom is -0.477 e. The first-order valence-electron chi connectivity index (χ1n) is 8.26. The molecule has 132 valence electrons. The fourth-order valence-corrected chi connectivity index (χ4v) is 3.32. The zero-order chi connectivity index (χ0) is 18.0. The molecule has 7 heteroatoms. The topological polar surface area (TPSA) is 92.4 Å². The lowest BCUT2D eigenvalue weighted by molar-refractivity contribution is -0.125. The zero-order valence-corrected chi connectivity index (χ0v) is 14.5. The summed E-state index contributed by atoms with van der Waals surface area (Å²) in [7, 11) is 0. The molecule has 1 saturated carbocycles. The van der Waals surface area contributed by atoms with Crippen LogP contribution in [-0.4, -0.2) is 22.1 Å². The van der Waals surface area contributed by atoms with Crippen LogP contribution < -0.4 is 5.32 Å². The molecule has 1 aliphatic carbocycles. The number of hydrogen-bond donors (Lipinski definition) is 2. The van der Waals surface area contributed by atoms with Crippen LogP contribution >= 0.6 is 11.6 Å². The van der Waals surface area contributed by atoms with E-state index < -0.39 is 12.0 Å². The first-order chi connectivity index (χ1) is 12.0. The van der Waals surface area contributed by atoms with Gasteiger partial charge in [-0.1, -0.05) is 41.7 Å². The number of nitrogens with zero attached hydrogens (tertiary/aromatic N) is 1. The summed E-state index contributed by atoms with van der Waals surface area (Å²) in [5.74, 6) is -1.08. The van der Waals surface area contributed by atoms with E-state index >= 15 is 0 Å². The lowest BCUT2D eigenvalue weighted by Gasteiger charge is -2.15. The molecule has 1 heterocycles. The summed E-state index contributed by atoms with van der Waals surface area (Å²) < 4.78 is 5.29. The van der Waals surface area contributed by atoms with Crippen molar-refractivity contribution in [2.24, 2.45) is 5.92 Å². The molecule has 1 aromatic heterocycles. The summed E-state index contributed by atoms with van der Waals surface area (Å²) in [6.45, 7) is 1.70. The smallest absolute Gasteiger partial charge is 0.341 e. The standard InChI is InChI=1S/C18H19ClN2O4/c1-10(20-17(22)12-4-2-3-5-12)16-14(18(23)24)15(21-25-16)11-6-8-13(19)9-7-11/h6-10,12H,2-5H2,1H3,(H,20,22)(H,23,24). The zero-order valence-electron chi connectivity index (χ0n) is 13.8. The van der Waals surface area contributed by atoms with Crippen molar-refractivity contribution >= 4 is 23.5 Å². The van der Waals surface area contributed by atoms with Gasteiger partial charge >= 0.3 is 5.97 Å². The van der Waals surface area contributed by atoms with Crippen molar-refractivity contribution in [3.63, 3.8) is 0 Å². The van der Waals surface area contributed by atoms with Crippen molar-refractivity contribution in [2.45, 2.75) is 38.6 Å². The maximum atomic E-state index is 12.3. The molecule has 1 atom stereocenters. The Labute approximate surface area is 150 Å². The van der Waals surface area contributed by atoms with Gasteiger partial charge in [0, 0.05) is 16.5 Å². The Balaban J connectivity index is 1.87. The summed E-state index contributed by atoms with van der Waals surface area (Å²) in [6.07, 6.45) is 3.85. The first-order valence-corrected chi connectivity index (χ1v) is 8.64. The van der Waals surface area contributed by atoms with Crippen molar-refractivity contribution in [2.75, 3.05) is 0 Å². The third-order valence-electron chi connectivity index (χ3n) is 4.53. The minimum absolute atomic E-state index is 0.00520. The maximum absolute atomic E-state index is 12.3. The molecular weight excluding hydrogens is 344 g/mol. The van der Waals surface area contributed by atoms with Gasteiger partial charge in [0.2, 0.25) is 5.91 Å². The highest BCUT2D eigenvalue weighted by molar-refractivity contribution is 6.30. The summed E-state index contributed by atoms with van der Waals surface area (Å²) in [4.78, 5) is 24.0. The number of amides is 1. The van der Waals surface area contributed by atoms with Gasteiger partial charge in [-0.3, -0.25) is 4.79 Å². The van der Waals surface area contributed by atoms with Crippen molar-refractivity contribution in [1.29, 1.82) is 0 Å². The number of benzene rings is 1. The molecule has 1 fully saturated rings. The predicted octanol–water partition coefficient (Wildman–Crippen LogP) is 4.06. The summed E-state index contributed by atoms with van der Waals surface area (Å²) in [5, 5.41) is 16.9. The lowest BCUT2D eigenvalue weighted by Crippen LogP contribution is -2.32. The van der Waals surface area contributed by atoms with Gasteiger partial charge in [-0.05, 0) is 31.9 Å². The Morgan fingerprint density at radius 1 is 1.28 bits per heavy atom. The van der Waals surface area contributed by atoms with Gasteiger partial charge < -0.3 is 14.9 Å². The third-order valence-corrected chi connectivity index (χ3v) is 4.78. The number of nitrogens with one attached hydrogen (secondary N) is 1. The van der Waals surface area contributed by atoms with E-state index in [9.17, 15) is 14.7 Å². The number of rotatable bonds is 5. The van der Waals surface area contributed by atoms with Crippen molar-refractivity contribution in [3.05, 3.63) is 40.6 Å². The van der Waals surface area contributed by atoms with Crippen LogP contribution in [-0.2, 0) is 4.79 Å². The Morgan fingerprint density at radius 2 is 1.92 bits per heavy atom. The molecule has 0 spiro atoms. The number of carboxylic acid groups (broad SMARTS) is 1. The van der Waals surface area contributed by atoms with Gasteiger partial charge in [-0.25, -0.2) is 4.79 Å². The predicted molar refractivity (Wildman–Crippen MR) is 92.4 cm³/mol. The fraction of sp³-hybridized carbons (Fsp3) is 0.389. The number of aromatic nitrogens is 1. The van der Waals surface area contributed by atoms with E-state index in [4.69, 9.17) is 16.1 Å². The van der Waals surface area contributed by atoms with Crippen LogP contribution in [0.25, 0.3) is 11.3 Å². The SMILES string of the molecule is CC(NC(=O)C1CCCC1)c1onc(-c2ccc(Cl)cc2)c1C(=O)O. The molecule has 1 amide bonds. The van der Waals surface area contributed by atoms with Crippen molar-refractivity contribution in [1.82, 2.24) is 10.5 Å². The summed E-state index contributed by atoms with van der Waals surface area (Å²) in [5.41, 5.74) is 0.772. The van der Waals surface area contributed by atoms with E-state index in [-0.39, 0.29) is 28.8 Å². The van der Waals surface area contributed by atoms with Gasteiger partial charge in [0.05, 0.1) is 6.04 Å². The maximum Gasteiger partial charge on any atom is 0.341 e. The second-order valence-electron chi connectivity index (χ2n) is 6.29. The van der Waals surface area contributed by atoms with E-state index in [2.05, 4.69) is 10.5 Å². The minimum atomic E-state index is -1.15. The highest BCUT2D eigenvalue weighted by atomic mass is 35.5. The average Bonchev–Trinajstić information content (AvgIpc) is 3.25. The molecule has 0 bridgehead atoms. The van der Waals surface area contributed by atoms with Gasteiger partial charge in [0.1, 0.15) is 11.3 Å². The van der Waals surface area contributed by atoms with Gasteiger partial charge in [-0.2, -0.15) is 0 Å².